The minimum Gasteiger partial charge on any atom is -0.492 e. The first kappa shape index (κ1) is 27.1. The van der Waals surface area contributed by atoms with Crippen molar-refractivity contribution in [3.63, 3.8) is 0 Å². The van der Waals surface area contributed by atoms with Crippen molar-refractivity contribution in [3.8, 4) is 5.75 Å². The molecule has 2 aromatic heterocycles. The molecule has 12 nitrogen and oxygen atoms in total. The number of aromatic nitrogens is 4. The van der Waals surface area contributed by atoms with Crippen LogP contribution in [0, 0.1) is 0 Å². The van der Waals surface area contributed by atoms with Crippen LogP contribution in [-0.2, 0) is 18.8 Å². The van der Waals surface area contributed by atoms with Gasteiger partial charge in [0.2, 0.25) is 0 Å². The lowest BCUT2D eigenvalue weighted by Crippen LogP contribution is -2.57. The fraction of sp³-hybridized carbons (Fsp3) is 0.556. The highest BCUT2D eigenvalue weighted by Crippen LogP contribution is 2.44. The molecule has 0 radical (unpaired) electrons. The molecule has 210 valence electrons. The number of likely N-dealkylation sites (N-methyl/N-ethyl adjacent to an activating group) is 1. The maximum absolute atomic E-state index is 13.3. The van der Waals surface area contributed by atoms with E-state index in [-0.39, 0.29) is 23.7 Å². The van der Waals surface area contributed by atoms with Crippen LogP contribution in [0.5, 0.6) is 5.75 Å². The van der Waals surface area contributed by atoms with E-state index in [4.69, 9.17) is 9.47 Å². The first-order valence-electron chi connectivity index (χ1n) is 13.2. The van der Waals surface area contributed by atoms with Gasteiger partial charge < -0.3 is 29.4 Å². The molecule has 39 heavy (non-hydrogen) atoms. The van der Waals surface area contributed by atoms with Crippen molar-refractivity contribution in [2.75, 3.05) is 39.9 Å². The maximum atomic E-state index is 13.3. The van der Waals surface area contributed by atoms with Crippen molar-refractivity contribution in [3.05, 3.63) is 57.0 Å². The summed E-state index contributed by atoms with van der Waals surface area (Å²) < 4.78 is 16.1. The molecule has 2 aliphatic rings. The van der Waals surface area contributed by atoms with Gasteiger partial charge in [-0.3, -0.25) is 18.7 Å². The number of piperidine rings is 1. The molecule has 0 saturated carbocycles. The summed E-state index contributed by atoms with van der Waals surface area (Å²) in [6.07, 6.45) is 3.14. The second-order valence-electron chi connectivity index (χ2n) is 10.9. The maximum Gasteiger partial charge on any atom is 0.332 e. The van der Waals surface area contributed by atoms with Gasteiger partial charge in [0, 0.05) is 45.7 Å². The highest BCUT2D eigenvalue weighted by molar-refractivity contribution is 5.94. The second kappa shape index (κ2) is 10.2. The standard InChI is InChI=1S/C27H36N6O6/c1-26(37)16-39-27(15-20(26)33-17-29-22-21(33)24(35)31(4)25(36)30(22)3)8-11-32(12-9-27)23(34)18-6-5-7-19(14-18)38-13-10-28-2/h5-7,14,17,20,28,37H,8-13,15-16H2,1-4H3/t20-,26-/m0/s1. The number of hydrogen-bond acceptors (Lipinski definition) is 8. The Kier molecular flexibility index (Phi) is 7.12. The predicted molar refractivity (Wildman–Crippen MR) is 144 cm³/mol. The van der Waals surface area contributed by atoms with Crippen molar-refractivity contribution < 1.29 is 19.4 Å². The topological polar surface area (TPSA) is 133 Å². The van der Waals surface area contributed by atoms with Gasteiger partial charge >= 0.3 is 5.69 Å². The zero-order chi connectivity index (χ0) is 27.9. The lowest BCUT2D eigenvalue weighted by atomic mass is 9.77. The molecule has 0 aliphatic carbocycles. The molecule has 1 spiro atoms. The van der Waals surface area contributed by atoms with Crippen molar-refractivity contribution in [1.82, 2.24) is 28.9 Å². The van der Waals surface area contributed by atoms with E-state index in [0.717, 1.165) is 4.57 Å². The third-order valence-electron chi connectivity index (χ3n) is 8.13. The number of fused-ring (bicyclic) bond motifs is 1. The average molecular weight is 541 g/mol. The Morgan fingerprint density at radius 2 is 1.97 bits per heavy atom. The third-order valence-corrected chi connectivity index (χ3v) is 8.13. The molecule has 2 N–H and O–H groups in total. The first-order chi connectivity index (χ1) is 18.6. The molecule has 4 heterocycles. The van der Waals surface area contributed by atoms with E-state index in [1.807, 2.05) is 24.1 Å². The summed E-state index contributed by atoms with van der Waals surface area (Å²) in [4.78, 5) is 44.9. The highest BCUT2D eigenvalue weighted by Gasteiger charge is 2.50. The minimum atomic E-state index is -1.26. The average Bonchev–Trinajstić information content (AvgIpc) is 3.38. The van der Waals surface area contributed by atoms with Gasteiger partial charge in [-0.1, -0.05) is 6.07 Å². The minimum absolute atomic E-state index is 0.0618. The van der Waals surface area contributed by atoms with E-state index >= 15 is 0 Å². The molecule has 0 unspecified atom stereocenters. The van der Waals surface area contributed by atoms with Crippen LogP contribution in [0.4, 0.5) is 0 Å². The van der Waals surface area contributed by atoms with Gasteiger partial charge in [-0.05, 0) is 45.0 Å². The molecule has 0 bridgehead atoms. The van der Waals surface area contributed by atoms with Gasteiger partial charge in [0.1, 0.15) is 18.0 Å². The van der Waals surface area contributed by atoms with Gasteiger partial charge in [-0.15, -0.1) is 0 Å². The van der Waals surface area contributed by atoms with Crippen LogP contribution in [0.3, 0.4) is 0 Å². The first-order valence-corrected chi connectivity index (χ1v) is 13.2. The molecule has 2 fully saturated rings. The number of carbonyl (C=O) groups is 1. The van der Waals surface area contributed by atoms with Crippen molar-refractivity contribution in [2.24, 2.45) is 14.1 Å². The molecular formula is C27H36N6O6. The fourth-order valence-electron chi connectivity index (χ4n) is 5.66. The van der Waals surface area contributed by atoms with Crippen LogP contribution in [0.1, 0.15) is 42.6 Å². The van der Waals surface area contributed by atoms with Crippen molar-refractivity contribution in [2.45, 2.75) is 43.4 Å². The Morgan fingerprint density at radius 1 is 1.23 bits per heavy atom. The van der Waals surface area contributed by atoms with Crippen LogP contribution in [0.2, 0.25) is 0 Å². The Hall–Kier alpha value is -3.48. The summed E-state index contributed by atoms with van der Waals surface area (Å²) in [5, 5.41) is 14.4. The lowest BCUT2D eigenvalue weighted by Gasteiger charge is -2.51. The van der Waals surface area contributed by atoms with Gasteiger partial charge in [-0.25, -0.2) is 9.78 Å². The smallest absolute Gasteiger partial charge is 0.332 e. The number of hydrogen-bond donors (Lipinski definition) is 2. The number of ether oxygens (including phenoxy) is 2. The lowest BCUT2D eigenvalue weighted by molar-refractivity contribution is -0.198. The number of rotatable bonds is 6. The summed E-state index contributed by atoms with van der Waals surface area (Å²) in [5.74, 6) is 0.592. The summed E-state index contributed by atoms with van der Waals surface area (Å²) >= 11 is 0. The number of carbonyl (C=O) groups excluding carboxylic acids is 1. The van der Waals surface area contributed by atoms with Crippen LogP contribution in [0.25, 0.3) is 11.2 Å². The van der Waals surface area contributed by atoms with Crippen molar-refractivity contribution >= 4 is 17.1 Å². The van der Waals surface area contributed by atoms with Crippen LogP contribution in [-0.4, -0.2) is 85.7 Å². The molecule has 2 aliphatic heterocycles. The van der Waals surface area contributed by atoms with E-state index < -0.39 is 28.5 Å². The van der Waals surface area contributed by atoms with Gasteiger partial charge in [0.25, 0.3) is 11.5 Å². The number of likely N-dealkylation sites (tertiary alicyclic amines) is 1. The number of nitrogens with zero attached hydrogens (tertiary/aromatic N) is 5. The SMILES string of the molecule is CNCCOc1cccc(C(=O)N2CCC3(CC2)C[C@H](n2cnc4c2c(=O)n(C)c(=O)n4C)[C@@](C)(O)CO3)c1. The number of aliphatic hydroxyl groups is 1. The number of amides is 1. The zero-order valence-electron chi connectivity index (χ0n) is 22.8. The van der Waals surface area contributed by atoms with E-state index in [1.54, 1.807) is 30.7 Å². The molecule has 1 aromatic carbocycles. The number of aryl methyl sites for hydroxylation is 1. The molecule has 12 heteroatoms. The predicted octanol–water partition coefficient (Wildman–Crippen LogP) is 0.419. The number of benzene rings is 1. The molecule has 1 amide bonds. The Bertz CT molecular complexity index is 1500. The molecule has 5 rings (SSSR count). The van der Waals surface area contributed by atoms with Gasteiger partial charge in [0.15, 0.2) is 11.2 Å². The molecular weight excluding hydrogens is 504 g/mol. The van der Waals surface area contributed by atoms with Gasteiger partial charge in [-0.2, -0.15) is 0 Å². The van der Waals surface area contributed by atoms with Crippen LogP contribution < -0.4 is 21.3 Å². The Balaban J connectivity index is 1.35. The molecule has 3 aromatic rings. The Morgan fingerprint density at radius 3 is 2.69 bits per heavy atom. The summed E-state index contributed by atoms with van der Waals surface area (Å²) in [7, 11) is 4.86. The third kappa shape index (κ3) is 4.88. The number of imidazole rings is 1. The van der Waals surface area contributed by atoms with E-state index in [1.165, 1.54) is 17.9 Å². The summed E-state index contributed by atoms with van der Waals surface area (Å²) in [6, 6.07) is 6.71. The van der Waals surface area contributed by atoms with Crippen LogP contribution >= 0.6 is 0 Å². The summed E-state index contributed by atoms with van der Waals surface area (Å²) in [6.45, 7) is 3.98. The van der Waals surface area contributed by atoms with E-state index in [9.17, 15) is 19.5 Å². The second-order valence-corrected chi connectivity index (χ2v) is 10.9. The normalized spacial score (nSPS) is 22.9. The van der Waals surface area contributed by atoms with Crippen molar-refractivity contribution in [1.29, 1.82) is 0 Å². The van der Waals surface area contributed by atoms with Crippen LogP contribution in [0.15, 0.2) is 40.2 Å². The molecule has 2 atom stereocenters. The van der Waals surface area contributed by atoms with E-state index in [0.29, 0.717) is 56.8 Å². The zero-order valence-corrected chi connectivity index (χ0v) is 22.8. The monoisotopic (exact) mass is 540 g/mol. The summed E-state index contributed by atoms with van der Waals surface area (Å²) in [5.41, 5.74) is -1.63. The molecule has 2 saturated heterocycles. The quantitative estimate of drug-likeness (QED) is 0.430. The van der Waals surface area contributed by atoms with Gasteiger partial charge in [0.05, 0.1) is 24.6 Å². The Labute approximate surface area is 225 Å². The number of nitrogens with one attached hydrogen (secondary N) is 1. The van der Waals surface area contributed by atoms with E-state index in [2.05, 4.69) is 10.3 Å². The largest absolute Gasteiger partial charge is 0.492 e. The highest BCUT2D eigenvalue weighted by atomic mass is 16.5. The fourth-order valence-corrected chi connectivity index (χ4v) is 5.66.